The van der Waals surface area contributed by atoms with E-state index in [9.17, 15) is 9.59 Å². The fraction of sp³-hybridized carbons (Fsp3) is 0.667. The Balaban J connectivity index is 2.00. The molecule has 0 aliphatic carbocycles. The average Bonchev–Trinajstić information content (AvgIpc) is 2.52. The molecule has 2 rings (SSSR count). The summed E-state index contributed by atoms with van der Waals surface area (Å²) in [5.74, 6) is 0.488. The molecule has 1 aliphatic heterocycles. The van der Waals surface area contributed by atoms with Crippen LogP contribution in [0.4, 0.5) is 0 Å². The van der Waals surface area contributed by atoms with Crippen LogP contribution in [0.15, 0.2) is 11.0 Å². The zero-order valence-electron chi connectivity index (χ0n) is 13.5. The third-order valence-corrected chi connectivity index (χ3v) is 3.87. The summed E-state index contributed by atoms with van der Waals surface area (Å²) in [6, 6.07) is 0. The molecule has 0 atom stereocenters. The molecule has 22 heavy (non-hydrogen) atoms. The Bertz CT molecular complexity index is 562. The second-order valence-electron chi connectivity index (χ2n) is 5.79. The number of carbonyl (C=O) groups is 1. The zero-order valence-corrected chi connectivity index (χ0v) is 13.5. The van der Waals surface area contributed by atoms with Gasteiger partial charge in [-0.15, -0.1) is 0 Å². The van der Waals surface area contributed by atoms with Gasteiger partial charge in [-0.25, -0.2) is 4.98 Å². The van der Waals surface area contributed by atoms with Crippen molar-refractivity contribution in [3.63, 3.8) is 0 Å². The third-order valence-electron chi connectivity index (χ3n) is 3.87. The highest BCUT2D eigenvalue weighted by Gasteiger charge is 2.24. The molecule has 0 saturated carbocycles. The number of rotatable bonds is 5. The molecule has 0 unspecified atom stereocenters. The number of aromatic nitrogens is 2. The summed E-state index contributed by atoms with van der Waals surface area (Å²) < 4.78 is 5.06. The first-order valence-corrected chi connectivity index (χ1v) is 7.62. The highest BCUT2D eigenvalue weighted by atomic mass is 16.5. The first-order valence-electron chi connectivity index (χ1n) is 7.62. The Labute approximate surface area is 130 Å². The van der Waals surface area contributed by atoms with Crippen LogP contribution in [0.25, 0.3) is 0 Å². The number of nitrogens with one attached hydrogen (secondary N) is 1. The predicted molar refractivity (Wildman–Crippen MR) is 83.2 cm³/mol. The van der Waals surface area contributed by atoms with E-state index >= 15 is 0 Å². The molecule has 1 aromatic rings. The van der Waals surface area contributed by atoms with Crippen LogP contribution in [-0.4, -0.2) is 72.1 Å². The van der Waals surface area contributed by atoms with Gasteiger partial charge in [-0.3, -0.25) is 14.5 Å². The lowest BCUT2D eigenvalue weighted by atomic mass is 10.2. The second kappa shape index (κ2) is 7.51. The van der Waals surface area contributed by atoms with Crippen molar-refractivity contribution in [1.82, 2.24) is 19.8 Å². The molecule has 1 saturated heterocycles. The number of ether oxygens (including phenoxy) is 1. The maximum absolute atomic E-state index is 12.4. The van der Waals surface area contributed by atoms with Crippen LogP contribution < -0.4 is 5.56 Å². The van der Waals surface area contributed by atoms with Gasteiger partial charge in [-0.1, -0.05) is 13.8 Å². The largest absolute Gasteiger partial charge is 0.383 e. The van der Waals surface area contributed by atoms with E-state index in [-0.39, 0.29) is 22.9 Å². The van der Waals surface area contributed by atoms with Crippen LogP contribution in [0.3, 0.4) is 0 Å². The van der Waals surface area contributed by atoms with Crippen LogP contribution in [0.2, 0.25) is 0 Å². The normalized spacial score (nSPS) is 16.3. The maximum atomic E-state index is 12.4. The molecule has 1 aliphatic rings. The fourth-order valence-corrected chi connectivity index (χ4v) is 2.42. The number of methoxy groups -OCH3 is 1. The van der Waals surface area contributed by atoms with Crippen molar-refractivity contribution in [1.29, 1.82) is 0 Å². The van der Waals surface area contributed by atoms with Crippen LogP contribution in [-0.2, 0) is 4.74 Å². The minimum atomic E-state index is -0.356. The fourth-order valence-electron chi connectivity index (χ4n) is 2.42. The van der Waals surface area contributed by atoms with E-state index in [4.69, 9.17) is 4.74 Å². The van der Waals surface area contributed by atoms with Gasteiger partial charge in [0.1, 0.15) is 11.4 Å². The first-order chi connectivity index (χ1) is 10.5. The van der Waals surface area contributed by atoms with Crippen LogP contribution in [0, 0.1) is 0 Å². The molecule has 0 radical (unpaired) electrons. The predicted octanol–water partition coefficient (Wildman–Crippen LogP) is 0.298. The van der Waals surface area contributed by atoms with E-state index in [1.165, 1.54) is 6.20 Å². The van der Waals surface area contributed by atoms with Gasteiger partial charge in [-0.05, 0) is 0 Å². The maximum Gasteiger partial charge on any atom is 0.263 e. The number of carbonyl (C=O) groups excluding carboxylic acids is 1. The lowest BCUT2D eigenvalue weighted by Gasteiger charge is -2.34. The molecular formula is C15H24N4O3. The molecule has 1 N–H and O–H groups in total. The van der Waals surface area contributed by atoms with Gasteiger partial charge >= 0.3 is 0 Å². The Morgan fingerprint density at radius 1 is 1.36 bits per heavy atom. The number of hydrogen-bond acceptors (Lipinski definition) is 5. The van der Waals surface area contributed by atoms with E-state index in [0.717, 1.165) is 19.6 Å². The average molecular weight is 308 g/mol. The van der Waals surface area contributed by atoms with Crippen molar-refractivity contribution >= 4 is 5.91 Å². The van der Waals surface area contributed by atoms with E-state index in [0.29, 0.717) is 25.5 Å². The van der Waals surface area contributed by atoms with Gasteiger partial charge in [0.05, 0.1) is 6.61 Å². The topological polar surface area (TPSA) is 78.5 Å². The zero-order chi connectivity index (χ0) is 16.1. The number of aromatic amines is 1. The molecule has 7 nitrogen and oxygen atoms in total. The number of piperazine rings is 1. The number of hydrogen-bond donors (Lipinski definition) is 1. The van der Waals surface area contributed by atoms with Gasteiger partial charge in [-0.2, -0.15) is 0 Å². The summed E-state index contributed by atoms with van der Waals surface area (Å²) in [6.45, 7) is 8.27. The summed E-state index contributed by atoms with van der Waals surface area (Å²) in [6.07, 6.45) is 1.40. The lowest BCUT2D eigenvalue weighted by molar-refractivity contribution is 0.0592. The van der Waals surface area contributed by atoms with E-state index in [1.54, 1.807) is 12.0 Å². The SMILES string of the molecule is COCCN1CCN(C(=O)c2cnc(C(C)C)[nH]c2=O)CC1. The summed E-state index contributed by atoms with van der Waals surface area (Å²) in [7, 11) is 1.68. The Morgan fingerprint density at radius 3 is 2.59 bits per heavy atom. The van der Waals surface area contributed by atoms with Gasteiger partial charge in [0, 0.05) is 51.9 Å². The summed E-state index contributed by atoms with van der Waals surface area (Å²) >= 11 is 0. The van der Waals surface area contributed by atoms with Crippen LogP contribution >= 0.6 is 0 Å². The van der Waals surface area contributed by atoms with E-state index in [2.05, 4.69) is 14.9 Å². The van der Waals surface area contributed by atoms with E-state index in [1.807, 2.05) is 13.8 Å². The quantitative estimate of drug-likeness (QED) is 0.846. The lowest BCUT2D eigenvalue weighted by Crippen LogP contribution is -2.50. The van der Waals surface area contributed by atoms with Crippen LogP contribution in [0.1, 0.15) is 35.9 Å². The first kappa shape index (κ1) is 16.6. The molecule has 0 aromatic carbocycles. The van der Waals surface area contributed by atoms with Crippen LogP contribution in [0.5, 0.6) is 0 Å². The van der Waals surface area contributed by atoms with Gasteiger partial charge in [0.2, 0.25) is 0 Å². The molecule has 2 heterocycles. The third kappa shape index (κ3) is 3.92. The highest BCUT2D eigenvalue weighted by molar-refractivity contribution is 5.93. The molecule has 0 bridgehead atoms. The standard InChI is InChI=1S/C15H24N4O3/c1-11(2)13-16-10-12(14(20)17-13)15(21)19-6-4-18(5-7-19)8-9-22-3/h10-11H,4-9H2,1-3H3,(H,16,17,20). The number of H-pyrrole nitrogens is 1. The van der Waals surface area contributed by atoms with Crippen molar-refractivity contribution in [3.8, 4) is 0 Å². The molecule has 122 valence electrons. The van der Waals surface area contributed by atoms with Crippen molar-refractivity contribution in [2.75, 3.05) is 46.4 Å². The van der Waals surface area contributed by atoms with Crippen molar-refractivity contribution in [2.24, 2.45) is 0 Å². The van der Waals surface area contributed by atoms with Crippen molar-refractivity contribution in [2.45, 2.75) is 19.8 Å². The molecule has 1 fully saturated rings. The Kier molecular flexibility index (Phi) is 5.68. The molecule has 1 aromatic heterocycles. The monoisotopic (exact) mass is 308 g/mol. The minimum Gasteiger partial charge on any atom is -0.383 e. The molecule has 7 heteroatoms. The van der Waals surface area contributed by atoms with Gasteiger partial charge in [0.25, 0.3) is 11.5 Å². The Morgan fingerprint density at radius 2 is 2.05 bits per heavy atom. The minimum absolute atomic E-state index is 0.120. The summed E-state index contributed by atoms with van der Waals surface area (Å²) in [5, 5.41) is 0. The molecule has 0 spiro atoms. The van der Waals surface area contributed by atoms with Gasteiger partial charge in [0.15, 0.2) is 0 Å². The van der Waals surface area contributed by atoms with Crippen molar-refractivity contribution in [3.05, 3.63) is 27.9 Å². The summed E-state index contributed by atoms with van der Waals surface area (Å²) in [4.78, 5) is 35.3. The second-order valence-corrected chi connectivity index (χ2v) is 5.79. The smallest absolute Gasteiger partial charge is 0.263 e. The van der Waals surface area contributed by atoms with Gasteiger partial charge < -0.3 is 14.6 Å². The van der Waals surface area contributed by atoms with Crippen molar-refractivity contribution < 1.29 is 9.53 Å². The molecule has 1 amide bonds. The summed E-state index contributed by atoms with van der Waals surface area (Å²) in [5.41, 5.74) is -0.236. The Hall–Kier alpha value is -1.73. The molecular weight excluding hydrogens is 284 g/mol. The van der Waals surface area contributed by atoms with E-state index < -0.39 is 0 Å². The number of amides is 1. The number of nitrogens with zero attached hydrogens (tertiary/aromatic N) is 3. The highest BCUT2D eigenvalue weighted by Crippen LogP contribution is 2.08.